The minimum absolute atomic E-state index is 0.0377. The fourth-order valence-corrected chi connectivity index (χ4v) is 4.56. The van der Waals surface area contributed by atoms with E-state index >= 15 is 0 Å². The molecule has 1 atom stereocenters. The fourth-order valence-electron chi connectivity index (χ4n) is 4.30. The van der Waals surface area contributed by atoms with Crippen molar-refractivity contribution in [3.05, 3.63) is 46.5 Å². The molecule has 10 heteroatoms. The number of para-hydroxylation sites is 1. The Kier molecular flexibility index (Phi) is 8.81. The van der Waals surface area contributed by atoms with Crippen LogP contribution in [-0.4, -0.2) is 43.3 Å². The van der Waals surface area contributed by atoms with Gasteiger partial charge in [-0.2, -0.15) is 0 Å². The molecule has 3 amide bonds. The summed E-state index contributed by atoms with van der Waals surface area (Å²) in [6.07, 6.45) is 4.37. The van der Waals surface area contributed by atoms with Crippen LogP contribution in [0, 0.1) is 12.8 Å². The lowest BCUT2D eigenvalue weighted by Gasteiger charge is -2.28. The molecule has 0 aromatic heterocycles. The van der Waals surface area contributed by atoms with E-state index in [0.717, 1.165) is 37.7 Å². The van der Waals surface area contributed by atoms with E-state index in [0.29, 0.717) is 10.7 Å². The largest absolute Gasteiger partial charge is 0.493 e. The van der Waals surface area contributed by atoms with E-state index in [1.807, 2.05) is 0 Å². The number of carbonyl (C=O) groups excluding carboxylic acids is 2. The molecular formula is C25H30ClN3O6. The number of urea groups is 1. The van der Waals surface area contributed by atoms with Crippen molar-refractivity contribution >= 4 is 40.9 Å². The molecule has 2 aromatic carbocycles. The molecule has 3 rings (SSSR count). The highest BCUT2D eigenvalue weighted by molar-refractivity contribution is 6.34. The van der Waals surface area contributed by atoms with Crippen molar-refractivity contribution in [3.8, 4) is 11.5 Å². The summed E-state index contributed by atoms with van der Waals surface area (Å²) in [4.78, 5) is 38.1. The number of carboxylic acids is 1. The second-order valence-electron chi connectivity index (χ2n) is 8.45. The van der Waals surface area contributed by atoms with Crippen molar-refractivity contribution in [3.63, 3.8) is 0 Å². The van der Waals surface area contributed by atoms with Gasteiger partial charge in [-0.3, -0.25) is 4.79 Å². The predicted molar refractivity (Wildman–Crippen MR) is 134 cm³/mol. The van der Waals surface area contributed by atoms with Gasteiger partial charge in [0.2, 0.25) is 0 Å². The molecule has 0 saturated heterocycles. The third kappa shape index (κ3) is 6.36. The van der Waals surface area contributed by atoms with E-state index in [1.165, 1.54) is 26.4 Å². The lowest BCUT2D eigenvalue weighted by Crippen LogP contribution is -2.46. The van der Waals surface area contributed by atoms with Gasteiger partial charge in [0.1, 0.15) is 6.04 Å². The van der Waals surface area contributed by atoms with E-state index in [2.05, 4.69) is 16.0 Å². The van der Waals surface area contributed by atoms with Crippen molar-refractivity contribution in [2.45, 2.75) is 45.1 Å². The molecule has 1 fully saturated rings. The Morgan fingerprint density at radius 3 is 2.29 bits per heavy atom. The molecule has 0 radical (unpaired) electrons. The Balaban J connectivity index is 1.90. The molecule has 0 heterocycles. The van der Waals surface area contributed by atoms with Crippen LogP contribution in [0.15, 0.2) is 30.3 Å². The van der Waals surface area contributed by atoms with Gasteiger partial charge in [-0.25, -0.2) is 9.59 Å². The van der Waals surface area contributed by atoms with E-state index in [-0.39, 0.29) is 28.7 Å². The van der Waals surface area contributed by atoms with Crippen LogP contribution in [0.25, 0.3) is 0 Å². The molecule has 0 spiro atoms. The van der Waals surface area contributed by atoms with E-state index in [4.69, 9.17) is 21.1 Å². The average Bonchev–Trinajstić information content (AvgIpc) is 2.84. The Morgan fingerprint density at radius 1 is 1.03 bits per heavy atom. The van der Waals surface area contributed by atoms with Crippen LogP contribution in [0.5, 0.6) is 11.5 Å². The third-order valence-electron chi connectivity index (χ3n) is 6.15. The molecule has 1 aliphatic carbocycles. The van der Waals surface area contributed by atoms with Gasteiger partial charge < -0.3 is 30.5 Å². The van der Waals surface area contributed by atoms with Gasteiger partial charge in [0, 0.05) is 6.07 Å². The first-order valence-electron chi connectivity index (χ1n) is 11.4. The minimum atomic E-state index is -1.09. The molecule has 0 unspecified atom stereocenters. The summed E-state index contributed by atoms with van der Waals surface area (Å²) in [7, 11) is 2.85. The summed E-state index contributed by atoms with van der Waals surface area (Å²) in [6.45, 7) is 1.80. The van der Waals surface area contributed by atoms with Crippen molar-refractivity contribution in [1.82, 2.24) is 5.32 Å². The highest BCUT2D eigenvalue weighted by Crippen LogP contribution is 2.34. The highest BCUT2D eigenvalue weighted by atomic mass is 35.5. The Labute approximate surface area is 209 Å². The molecule has 1 aliphatic rings. The van der Waals surface area contributed by atoms with Crippen molar-refractivity contribution in [1.29, 1.82) is 0 Å². The molecule has 1 saturated carbocycles. The smallest absolute Gasteiger partial charge is 0.326 e. The lowest BCUT2D eigenvalue weighted by atomic mass is 9.83. The maximum absolute atomic E-state index is 13.3. The summed E-state index contributed by atoms with van der Waals surface area (Å²) in [5.74, 6) is -1.35. The number of hydrogen-bond acceptors (Lipinski definition) is 5. The van der Waals surface area contributed by atoms with Gasteiger partial charge in [0.25, 0.3) is 5.91 Å². The maximum atomic E-state index is 13.3. The van der Waals surface area contributed by atoms with Crippen molar-refractivity contribution in [2.75, 3.05) is 24.9 Å². The summed E-state index contributed by atoms with van der Waals surface area (Å²) in [6, 6.07) is 6.40. The van der Waals surface area contributed by atoms with Crippen LogP contribution in [0.1, 0.15) is 48.0 Å². The van der Waals surface area contributed by atoms with Crippen molar-refractivity contribution < 1.29 is 29.0 Å². The molecule has 4 N–H and O–H groups in total. The molecule has 188 valence electrons. The second kappa shape index (κ2) is 11.8. The zero-order valence-corrected chi connectivity index (χ0v) is 20.7. The van der Waals surface area contributed by atoms with Gasteiger partial charge in [-0.15, -0.1) is 0 Å². The van der Waals surface area contributed by atoms with E-state index < -0.39 is 23.9 Å². The number of carbonyl (C=O) groups is 3. The number of anilines is 2. The second-order valence-corrected chi connectivity index (χ2v) is 8.86. The molecule has 35 heavy (non-hydrogen) atoms. The number of rotatable bonds is 8. The van der Waals surface area contributed by atoms with Crippen LogP contribution in [0.4, 0.5) is 16.2 Å². The number of nitrogens with one attached hydrogen (secondary N) is 3. The van der Waals surface area contributed by atoms with Gasteiger partial charge in [0.15, 0.2) is 11.5 Å². The molecule has 0 aliphatic heterocycles. The zero-order chi connectivity index (χ0) is 25.5. The summed E-state index contributed by atoms with van der Waals surface area (Å²) < 4.78 is 10.6. The highest BCUT2D eigenvalue weighted by Gasteiger charge is 2.32. The third-order valence-corrected chi connectivity index (χ3v) is 6.47. The van der Waals surface area contributed by atoms with Crippen LogP contribution in [0.2, 0.25) is 5.02 Å². The SMILES string of the molecule is COc1cc(NC(=O)Nc2c(C)cccc2Cl)c(C(=O)N[C@H](C(=O)O)C2CCCCC2)cc1OC. The first-order chi connectivity index (χ1) is 16.7. The van der Waals surface area contributed by atoms with E-state index in [1.54, 1.807) is 25.1 Å². The summed E-state index contributed by atoms with van der Waals surface area (Å²) in [5, 5.41) is 18.1. The minimum Gasteiger partial charge on any atom is -0.493 e. The Bertz CT molecular complexity index is 1080. The first kappa shape index (κ1) is 26.2. The number of amides is 3. The standard InChI is InChI=1S/C25H30ClN3O6/c1-14-8-7-11-17(26)21(14)29-25(33)27-18-13-20(35-3)19(34-2)12-16(18)23(30)28-22(24(31)32)15-9-5-4-6-10-15/h7-8,11-13,15,22H,4-6,9-10H2,1-3H3,(H,28,30)(H,31,32)(H2,27,29,33)/t22-/m0/s1. The zero-order valence-electron chi connectivity index (χ0n) is 19.9. The summed E-state index contributed by atoms with van der Waals surface area (Å²) in [5.41, 5.74) is 1.35. The van der Waals surface area contributed by atoms with Crippen LogP contribution in [-0.2, 0) is 4.79 Å². The number of halogens is 1. The van der Waals surface area contributed by atoms with Crippen LogP contribution in [0.3, 0.4) is 0 Å². The number of ether oxygens (including phenoxy) is 2. The normalized spacial score (nSPS) is 14.5. The van der Waals surface area contributed by atoms with Gasteiger partial charge in [-0.1, -0.05) is 43.0 Å². The van der Waals surface area contributed by atoms with E-state index in [9.17, 15) is 19.5 Å². The Morgan fingerprint density at radius 2 is 1.69 bits per heavy atom. The van der Waals surface area contributed by atoms with Gasteiger partial charge in [-0.05, 0) is 43.4 Å². The molecule has 0 bridgehead atoms. The monoisotopic (exact) mass is 503 g/mol. The molecular weight excluding hydrogens is 474 g/mol. The summed E-state index contributed by atoms with van der Waals surface area (Å²) >= 11 is 6.21. The van der Waals surface area contributed by atoms with Crippen LogP contribution < -0.4 is 25.4 Å². The molecule has 2 aromatic rings. The number of hydrogen-bond donors (Lipinski definition) is 4. The topological polar surface area (TPSA) is 126 Å². The van der Waals surface area contributed by atoms with Gasteiger partial charge in [0.05, 0.1) is 36.2 Å². The lowest BCUT2D eigenvalue weighted by molar-refractivity contribution is -0.141. The maximum Gasteiger partial charge on any atom is 0.326 e. The number of benzene rings is 2. The van der Waals surface area contributed by atoms with Gasteiger partial charge >= 0.3 is 12.0 Å². The fraction of sp³-hybridized carbons (Fsp3) is 0.400. The number of carboxylic acid groups (broad SMARTS) is 1. The average molecular weight is 504 g/mol. The number of aryl methyl sites for hydroxylation is 1. The predicted octanol–water partition coefficient (Wildman–Crippen LogP) is 5.07. The number of methoxy groups -OCH3 is 2. The molecule has 9 nitrogen and oxygen atoms in total. The number of aliphatic carboxylic acids is 1. The first-order valence-corrected chi connectivity index (χ1v) is 11.8. The quantitative estimate of drug-likeness (QED) is 0.398. The van der Waals surface area contributed by atoms with Crippen molar-refractivity contribution in [2.24, 2.45) is 5.92 Å². The van der Waals surface area contributed by atoms with Crippen LogP contribution >= 0.6 is 11.6 Å². The Hall–Kier alpha value is -3.46.